The maximum Gasteiger partial charge on any atom is 0.0730 e. The standard InChI is InChI=1S/C12H22BrNO/c13-7-3-4-8-14-9-10-15-12-6-2-1-5-11(12)14/h11-12H,1-10H2. The van der Waals surface area contributed by atoms with Crippen molar-refractivity contribution in [3.8, 4) is 0 Å². The lowest BCUT2D eigenvalue weighted by atomic mass is 9.90. The monoisotopic (exact) mass is 275 g/mol. The first kappa shape index (κ1) is 11.9. The molecule has 1 saturated carbocycles. The molecule has 2 atom stereocenters. The molecule has 15 heavy (non-hydrogen) atoms. The largest absolute Gasteiger partial charge is 0.375 e. The highest BCUT2D eigenvalue weighted by Crippen LogP contribution is 2.28. The zero-order valence-electron chi connectivity index (χ0n) is 9.46. The zero-order valence-corrected chi connectivity index (χ0v) is 11.0. The zero-order chi connectivity index (χ0) is 10.5. The molecule has 2 nitrogen and oxygen atoms in total. The van der Waals surface area contributed by atoms with E-state index >= 15 is 0 Å². The second-order valence-electron chi connectivity index (χ2n) is 4.69. The van der Waals surface area contributed by atoms with Crippen LogP contribution in [0.1, 0.15) is 38.5 Å². The lowest BCUT2D eigenvalue weighted by Gasteiger charge is -2.43. The van der Waals surface area contributed by atoms with E-state index in [1.807, 2.05) is 0 Å². The Labute approximate surface area is 101 Å². The predicted octanol–water partition coefficient (Wildman–Crippen LogP) is 2.80. The van der Waals surface area contributed by atoms with Gasteiger partial charge in [-0.05, 0) is 32.2 Å². The van der Waals surface area contributed by atoms with Crippen LogP contribution in [0.15, 0.2) is 0 Å². The summed E-state index contributed by atoms with van der Waals surface area (Å²) in [6.45, 7) is 3.38. The molecule has 2 fully saturated rings. The lowest BCUT2D eigenvalue weighted by Crippen LogP contribution is -2.52. The van der Waals surface area contributed by atoms with Gasteiger partial charge in [-0.25, -0.2) is 0 Å². The molecule has 0 aromatic carbocycles. The van der Waals surface area contributed by atoms with Gasteiger partial charge in [-0.1, -0.05) is 28.8 Å². The lowest BCUT2D eigenvalue weighted by molar-refractivity contribution is -0.0881. The predicted molar refractivity (Wildman–Crippen MR) is 66.6 cm³/mol. The van der Waals surface area contributed by atoms with E-state index in [0.717, 1.165) is 24.5 Å². The van der Waals surface area contributed by atoms with Gasteiger partial charge in [-0.3, -0.25) is 4.90 Å². The summed E-state index contributed by atoms with van der Waals surface area (Å²) < 4.78 is 5.87. The van der Waals surface area contributed by atoms with Crippen molar-refractivity contribution in [1.29, 1.82) is 0 Å². The Kier molecular flexibility index (Phi) is 4.92. The van der Waals surface area contributed by atoms with E-state index in [-0.39, 0.29) is 0 Å². The highest BCUT2D eigenvalue weighted by atomic mass is 79.9. The van der Waals surface area contributed by atoms with Gasteiger partial charge in [0.2, 0.25) is 0 Å². The normalized spacial score (nSPS) is 32.6. The van der Waals surface area contributed by atoms with Crippen LogP contribution >= 0.6 is 15.9 Å². The maximum atomic E-state index is 5.87. The van der Waals surface area contributed by atoms with E-state index < -0.39 is 0 Å². The van der Waals surface area contributed by atoms with E-state index in [1.54, 1.807) is 0 Å². The van der Waals surface area contributed by atoms with Gasteiger partial charge < -0.3 is 4.74 Å². The molecule has 1 aliphatic heterocycles. The van der Waals surface area contributed by atoms with Crippen LogP contribution in [0.3, 0.4) is 0 Å². The third kappa shape index (κ3) is 3.18. The summed E-state index contributed by atoms with van der Waals surface area (Å²) in [5.74, 6) is 0. The van der Waals surface area contributed by atoms with E-state index in [1.165, 1.54) is 45.1 Å². The van der Waals surface area contributed by atoms with Crippen molar-refractivity contribution in [3.05, 3.63) is 0 Å². The minimum Gasteiger partial charge on any atom is -0.375 e. The Morgan fingerprint density at radius 3 is 2.93 bits per heavy atom. The molecule has 0 aromatic rings. The molecular formula is C12H22BrNO. The SMILES string of the molecule is BrCCCCN1CCOC2CCCCC21. The van der Waals surface area contributed by atoms with Gasteiger partial charge in [0.05, 0.1) is 12.7 Å². The van der Waals surface area contributed by atoms with E-state index in [0.29, 0.717) is 6.10 Å². The molecule has 1 aliphatic carbocycles. The molecular weight excluding hydrogens is 254 g/mol. The maximum absolute atomic E-state index is 5.87. The van der Waals surface area contributed by atoms with Gasteiger partial charge in [-0.2, -0.15) is 0 Å². The van der Waals surface area contributed by atoms with Crippen molar-refractivity contribution in [2.75, 3.05) is 25.0 Å². The number of hydrogen-bond donors (Lipinski definition) is 0. The summed E-state index contributed by atoms with van der Waals surface area (Å²) in [5.41, 5.74) is 0. The quantitative estimate of drug-likeness (QED) is 0.578. The van der Waals surface area contributed by atoms with Crippen molar-refractivity contribution in [2.24, 2.45) is 0 Å². The molecule has 2 unspecified atom stereocenters. The molecule has 0 radical (unpaired) electrons. The molecule has 2 aliphatic rings. The summed E-state index contributed by atoms with van der Waals surface area (Å²) in [4.78, 5) is 2.68. The highest BCUT2D eigenvalue weighted by molar-refractivity contribution is 9.09. The van der Waals surface area contributed by atoms with Crippen LogP contribution in [0.25, 0.3) is 0 Å². The van der Waals surface area contributed by atoms with Crippen molar-refractivity contribution >= 4 is 15.9 Å². The summed E-state index contributed by atoms with van der Waals surface area (Å²) in [6.07, 6.45) is 8.61. The van der Waals surface area contributed by atoms with Crippen LogP contribution in [0, 0.1) is 0 Å². The molecule has 0 N–H and O–H groups in total. The van der Waals surface area contributed by atoms with Crippen LogP contribution in [-0.4, -0.2) is 42.1 Å². The number of unbranched alkanes of at least 4 members (excludes halogenated alkanes) is 1. The van der Waals surface area contributed by atoms with Gasteiger partial charge in [0.15, 0.2) is 0 Å². The molecule has 0 bridgehead atoms. The number of morpholine rings is 1. The van der Waals surface area contributed by atoms with Crippen molar-refractivity contribution < 1.29 is 4.74 Å². The van der Waals surface area contributed by atoms with Crippen molar-refractivity contribution in [2.45, 2.75) is 50.7 Å². The second-order valence-corrected chi connectivity index (χ2v) is 5.49. The molecule has 1 heterocycles. The first-order chi connectivity index (χ1) is 7.42. The third-order valence-electron chi connectivity index (χ3n) is 3.68. The van der Waals surface area contributed by atoms with Crippen molar-refractivity contribution in [1.82, 2.24) is 4.90 Å². The summed E-state index contributed by atoms with van der Waals surface area (Å²) in [6, 6.07) is 0.739. The first-order valence-electron chi connectivity index (χ1n) is 6.33. The summed E-state index contributed by atoms with van der Waals surface area (Å²) >= 11 is 3.50. The van der Waals surface area contributed by atoms with E-state index in [4.69, 9.17) is 4.74 Å². The van der Waals surface area contributed by atoms with E-state index in [2.05, 4.69) is 20.8 Å². The third-order valence-corrected chi connectivity index (χ3v) is 4.24. The molecule has 0 aromatic heterocycles. The average molecular weight is 276 g/mol. The number of fused-ring (bicyclic) bond motifs is 1. The van der Waals surface area contributed by atoms with E-state index in [9.17, 15) is 0 Å². The fourth-order valence-electron chi connectivity index (χ4n) is 2.86. The molecule has 3 heteroatoms. The van der Waals surface area contributed by atoms with Crippen LogP contribution in [0.5, 0.6) is 0 Å². The minimum atomic E-state index is 0.552. The van der Waals surface area contributed by atoms with Gasteiger partial charge in [-0.15, -0.1) is 0 Å². The average Bonchev–Trinajstić information content (AvgIpc) is 2.30. The van der Waals surface area contributed by atoms with Gasteiger partial charge in [0.25, 0.3) is 0 Å². The van der Waals surface area contributed by atoms with Crippen LogP contribution in [0.4, 0.5) is 0 Å². The summed E-state index contributed by atoms with van der Waals surface area (Å²) in [5, 5.41) is 1.14. The molecule has 1 saturated heterocycles. The number of ether oxygens (including phenoxy) is 1. The molecule has 0 amide bonds. The number of halogens is 1. The number of hydrogen-bond acceptors (Lipinski definition) is 2. The summed E-state index contributed by atoms with van der Waals surface area (Å²) in [7, 11) is 0. The topological polar surface area (TPSA) is 12.5 Å². The Hall–Kier alpha value is 0.400. The van der Waals surface area contributed by atoms with Gasteiger partial charge in [0, 0.05) is 17.9 Å². The fraction of sp³-hybridized carbons (Fsp3) is 1.00. The second kappa shape index (κ2) is 6.21. The number of alkyl halides is 1. The van der Waals surface area contributed by atoms with Crippen LogP contribution in [0.2, 0.25) is 0 Å². The molecule has 0 spiro atoms. The van der Waals surface area contributed by atoms with Crippen molar-refractivity contribution in [3.63, 3.8) is 0 Å². The first-order valence-corrected chi connectivity index (χ1v) is 7.45. The van der Waals surface area contributed by atoms with Gasteiger partial charge in [0.1, 0.15) is 0 Å². The molecule has 88 valence electrons. The smallest absolute Gasteiger partial charge is 0.0730 e. The van der Waals surface area contributed by atoms with Crippen LogP contribution in [-0.2, 0) is 4.74 Å². The van der Waals surface area contributed by atoms with Gasteiger partial charge >= 0.3 is 0 Å². The Morgan fingerprint density at radius 2 is 2.07 bits per heavy atom. The highest BCUT2D eigenvalue weighted by Gasteiger charge is 2.33. The minimum absolute atomic E-state index is 0.552. The Balaban J connectivity index is 1.81. The van der Waals surface area contributed by atoms with Crippen LogP contribution < -0.4 is 0 Å². The number of rotatable bonds is 4. The Morgan fingerprint density at radius 1 is 1.20 bits per heavy atom. The number of nitrogens with zero attached hydrogens (tertiary/aromatic N) is 1. The Bertz CT molecular complexity index is 186. The fourth-order valence-corrected chi connectivity index (χ4v) is 3.26. The molecule has 2 rings (SSSR count).